The lowest BCUT2D eigenvalue weighted by molar-refractivity contribution is 0.628. The van der Waals surface area contributed by atoms with Gasteiger partial charge in [-0.1, -0.05) is 42.5 Å². The highest BCUT2D eigenvalue weighted by molar-refractivity contribution is 5.68. The van der Waals surface area contributed by atoms with E-state index in [1.807, 2.05) is 30.3 Å². The van der Waals surface area contributed by atoms with Gasteiger partial charge in [0, 0.05) is 11.8 Å². The molecule has 0 radical (unpaired) electrons. The molecule has 0 aliphatic carbocycles. The van der Waals surface area contributed by atoms with Crippen LogP contribution in [-0.2, 0) is 0 Å². The van der Waals surface area contributed by atoms with Gasteiger partial charge in [-0.25, -0.2) is 4.39 Å². The molecule has 3 rings (SSSR count). The normalized spacial score (nSPS) is 10.4. The van der Waals surface area contributed by atoms with Crippen LogP contribution in [0, 0.1) is 5.82 Å². The first-order valence-electron chi connectivity index (χ1n) is 6.28. The van der Waals surface area contributed by atoms with Crippen molar-refractivity contribution in [1.82, 2.24) is 4.98 Å². The van der Waals surface area contributed by atoms with Crippen molar-refractivity contribution in [3.05, 3.63) is 82.9 Å². The number of hydrogen-bond donors (Lipinski definition) is 1. The van der Waals surface area contributed by atoms with E-state index in [1.54, 1.807) is 18.2 Å². The van der Waals surface area contributed by atoms with Crippen LogP contribution in [-0.4, -0.2) is 4.98 Å². The Labute approximate surface area is 115 Å². The molecule has 2 aromatic carbocycles. The van der Waals surface area contributed by atoms with Crippen molar-refractivity contribution < 1.29 is 4.39 Å². The molecule has 0 saturated heterocycles. The monoisotopic (exact) mass is 265 g/mol. The van der Waals surface area contributed by atoms with Crippen LogP contribution < -0.4 is 5.56 Å². The highest BCUT2D eigenvalue weighted by Gasteiger charge is 2.01. The second kappa shape index (κ2) is 5.13. The predicted octanol–water partition coefficient (Wildman–Crippen LogP) is 3.85. The number of pyridine rings is 1. The summed E-state index contributed by atoms with van der Waals surface area (Å²) in [6, 6.07) is 19.2. The summed E-state index contributed by atoms with van der Waals surface area (Å²) in [6.45, 7) is 0. The van der Waals surface area contributed by atoms with Crippen molar-refractivity contribution in [1.29, 1.82) is 0 Å². The molecule has 0 unspecified atom stereocenters. The van der Waals surface area contributed by atoms with Gasteiger partial charge in [0.15, 0.2) is 0 Å². The Morgan fingerprint density at radius 2 is 1.25 bits per heavy atom. The Balaban J connectivity index is 1.95. The van der Waals surface area contributed by atoms with Gasteiger partial charge in [-0.15, -0.1) is 0 Å². The summed E-state index contributed by atoms with van der Waals surface area (Å²) in [4.78, 5) is 14.1. The van der Waals surface area contributed by atoms with E-state index < -0.39 is 0 Å². The van der Waals surface area contributed by atoms with E-state index >= 15 is 0 Å². The smallest absolute Gasteiger partial charge is 0.248 e. The van der Waals surface area contributed by atoms with E-state index in [9.17, 15) is 9.18 Å². The summed E-state index contributed by atoms with van der Waals surface area (Å²) in [5.74, 6) is -0.243. The lowest BCUT2D eigenvalue weighted by Crippen LogP contribution is -2.03. The van der Waals surface area contributed by atoms with Crippen LogP contribution in [0.4, 0.5) is 4.39 Å². The highest BCUT2D eigenvalue weighted by Crippen LogP contribution is 2.23. The fraction of sp³-hybridized carbons (Fsp3) is 0. The first kappa shape index (κ1) is 12.4. The standard InChI is InChI=1S/C17H12FNO/c18-15-10-8-13(9-11-15)12-4-6-14(7-5-12)16-2-1-3-17(20)19-16/h1-11H,(H,19,20). The number of H-pyrrole nitrogens is 1. The van der Waals surface area contributed by atoms with Crippen molar-refractivity contribution >= 4 is 0 Å². The molecule has 0 aliphatic heterocycles. The molecular formula is C17H12FNO. The SMILES string of the molecule is O=c1cccc(-c2ccc(-c3ccc(F)cc3)cc2)[nH]1. The largest absolute Gasteiger partial charge is 0.322 e. The summed E-state index contributed by atoms with van der Waals surface area (Å²) in [7, 11) is 0. The van der Waals surface area contributed by atoms with Crippen molar-refractivity contribution in [2.24, 2.45) is 0 Å². The van der Waals surface area contributed by atoms with Gasteiger partial charge in [-0.3, -0.25) is 4.79 Å². The summed E-state index contributed by atoms with van der Waals surface area (Å²) < 4.78 is 12.9. The number of halogens is 1. The van der Waals surface area contributed by atoms with Gasteiger partial charge in [0.05, 0.1) is 0 Å². The Morgan fingerprint density at radius 1 is 0.700 bits per heavy atom. The highest BCUT2D eigenvalue weighted by atomic mass is 19.1. The number of aromatic nitrogens is 1. The molecule has 1 aromatic heterocycles. The molecule has 2 nitrogen and oxygen atoms in total. The molecule has 0 fully saturated rings. The molecule has 0 spiro atoms. The lowest BCUT2D eigenvalue weighted by atomic mass is 10.0. The number of benzene rings is 2. The van der Waals surface area contributed by atoms with Crippen LogP contribution >= 0.6 is 0 Å². The third kappa shape index (κ3) is 2.52. The summed E-state index contributed by atoms with van der Waals surface area (Å²) in [5, 5.41) is 0. The molecule has 0 amide bonds. The zero-order chi connectivity index (χ0) is 13.9. The molecule has 0 aliphatic rings. The third-order valence-corrected chi connectivity index (χ3v) is 3.14. The number of nitrogens with one attached hydrogen (secondary N) is 1. The summed E-state index contributed by atoms with van der Waals surface area (Å²) in [6.07, 6.45) is 0. The minimum atomic E-state index is -0.243. The van der Waals surface area contributed by atoms with E-state index in [0.29, 0.717) is 0 Å². The second-order valence-corrected chi connectivity index (χ2v) is 4.51. The van der Waals surface area contributed by atoms with Crippen molar-refractivity contribution in [2.45, 2.75) is 0 Å². The quantitative estimate of drug-likeness (QED) is 0.750. The molecule has 98 valence electrons. The van der Waals surface area contributed by atoms with Crippen molar-refractivity contribution in [3.63, 3.8) is 0 Å². The maximum atomic E-state index is 12.9. The predicted molar refractivity (Wildman–Crippen MR) is 77.9 cm³/mol. The van der Waals surface area contributed by atoms with Crippen LogP contribution in [0.5, 0.6) is 0 Å². The minimum Gasteiger partial charge on any atom is -0.322 e. The second-order valence-electron chi connectivity index (χ2n) is 4.51. The number of hydrogen-bond acceptors (Lipinski definition) is 1. The fourth-order valence-corrected chi connectivity index (χ4v) is 2.10. The summed E-state index contributed by atoms with van der Waals surface area (Å²) in [5.41, 5.74) is 3.56. The zero-order valence-corrected chi connectivity index (χ0v) is 10.6. The van der Waals surface area contributed by atoms with Gasteiger partial charge in [-0.2, -0.15) is 0 Å². The molecule has 0 atom stereocenters. The third-order valence-electron chi connectivity index (χ3n) is 3.14. The molecule has 20 heavy (non-hydrogen) atoms. The number of aromatic amines is 1. The van der Waals surface area contributed by atoms with Crippen molar-refractivity contribution in [2.75, 3.05) is 0 Å². The Bertz CT molecular complexity index is 773. The minimum absolute atomic E-state index is 0.120. The average Bonchev–Trinajstić information content (AvgIpc) is 2.48. The molecule has 1 heterocycles. The van der Waals surface area contributed by atoms with Crippen LogP contribution in [0.2, 0.25) is 0 Å². The van der Waals surface area contributed by atoms with E-state index in [1.165, 1.54) is 18.2 Å². The average molecular weight is 265 g/mol. The van der Waals surface area contributed by atoms with Crippen LogP contribution in [0.15, 0.2) is 71.5 Å². The van der Waals surface area contributed by atoms with Gasteiger partial charge in [0.25, 0.3) is 0 Å². The van der Waals surface area contributed by atoms with E-state index in [2.05, 4.69) is 4.98 Å². The Hall–Kier alpha value is -2.68. The number of rotatable bonds is 2. The first-order chi connectivity index (χ1) is 9.72. The van der Waals surface area contributed by atoms with Crippen LogP contribution in [0.1, 0.15) is 0 Å². The molecular weight excluding hydrogens is 253 g/mol. The molecule has 0 bridgehead atoms. The van der Waals surface area contributed by atoms with E-state index in [0.717, 1.165) is 22.4 Å². The molecule has 3 aromatic rings. The molecule has 0 saturated carbocycles. The van der Waals surface area contributed by atoms with Gasteiger partial charge in [-0.05, 0) is 34.9 Å². The van der Waals surface area contributed by atoms with Crippen LogP contribution in [0.25, 0.3) is 22.4 Å². The Morgan fingerprint density at radius 3 is 1.85 bits per heavy atom. The lowest BCUT2D eigenvalue weighted by Gasteiger charge is -2.04. The maximum absolute atomic E-state index is 12.9. The Kier molecular flexibility index (Phi) is 3.17. The van der Waals surface area contributed by atoms with Crippen LogP contribution in [0.3, 0.4) is 0 Å². The van der Waals surface area contributed by atoms with Gasteiger partial charge >= 0.3 is 0 Å². The fourth-order valence-electron chi connectivity index (χ4n) is 2.10. The molecule has 3 heteroatoms. The maximum Gasteiger partial charge on any atom is 0.248 e. The molecule has 1 N–H and O–H groups in total. The van der Waals surface area contributed by atoms with Gasteiger partial charge < -0.3 is 4.98 Å². The van der Waals surface area contributed by atoms with E-state index in [4.69, 9.17) is 0 Å². The summed E-state index contributed by atoms with van der Waals surface area (Å²) >= 11 is 0. The zero-order valence-electron chi connectivity index (χ0n) is 10.6. The van der Waals surface area contributed by atoms with E-state index in [-0.39, 0.29) is 11.4 Å². The first-order valence-corrected chi connectivity index (χ1v) is 6.28. The van der Waals surface area contributed by atoms with Gasteiger partial charge in [0.1, 0.15) is 5.82 Å². The van der Waals surface area contributed by atoms with Crippen molar-refractivity contribution in [3.8, 4) is 22.4 Å². The topological polar surface area (TPSA) is 32.9 Å². The van der Waals surface area contributed by atoms with Gasteiger partial charge in [0.2, 0.25) is 5.56 Å².